The zero-order chi connectivity index (χ0) is 15.3. The minimum absolute atomic E-state index is 0.141. The molecule has 1 rings (SSSR count). The van der Waals surface area contributed by atoms with Gasteiger partial charge in [0.1, 0.15) is 6.61 Å². The lowest BCUT2D eigenvalue weighted by molar-refractivity contribution is -0.150. The zero-order valence-corrected chi connectivity index (χ0v) is 11.9. The Hall–Kier alpha value is -1.85. The van der Waals surface area contributed by atoms with Gasteiger partial charge in [-0.3, -0.25) is 9.59 Å². The van der Waals surface area contributed by atoms with Crippen molar-refractivity contribution in [2.24, 2.45) is 17.8 Å². The molecular weight excluding hydrogens is 262 g/mol. The number of carbonyl (C=O) groups excluding carboxylic acids is 2. The molecule has 0 aromatic rings. The van der Waals surface area contributed by atoms with Gasteiger partial charge >= 0.3 is 12.1 Å². The van der Waals surface area contributed by atoms with Crippen LogP contribution in [0.4, 0.5) is 4.79 Å². The van der Waals surface area contributed by atoms with Crippen molar-refractivity contribution in [3.05, 3.63) is 12.7 Å². The molecule has 1 heterocycles. The third-order valence-corrected chi connectivity index (χ3v) is 3.29. The molecule has 0 aromatic carbocycles. The van der Waals surface area contributed by atoms with Crippen molar-refractivity contribution in [3.8, 4) is 0 Å². The predicted molar refractivity (Wildman–Crippen MR) is 71.9 cm³/mol. The fourth-order valence-corrected chi connectivity index (χ4v) is 2.36. The van der Waals surface area contributed by atoms with E-state index >= 15 is 0 Å². The summed E-state index contributed by atoms with van der Waals surface area (Å²) in [6.45, 7) is 7.71. The van der Waals surface area contributed by atoms with Crippen LogP contribution in [-0.2, 0) is 14.3 Å². The Balaban J connectivity index is 2.94. The van der Waals surface area contributed by atoms with E-state index in [1.165, 1.54) is 6.08 Å². The first-order valence-electron chi connectivity index (χ1n) is 6.70. The van der Waals surface area contributed by atoms with Gasteiger partial charge < -0.3 is 9.84 Å². The van der Waals surface area contributed by atoms with Gasteiger partial charge in [-0.1, -0.05) is 19.9 Å². The van der Waals surface area contributed by atoms with Crippen LogP contribution in [0.2, 0.25) is 0 Å². The highest BCUT2D eigenvalue weighted by molar-refractivity contribution is 5.96. The lowest BCUT2D eigenvalue weighted by Crippen LogP contribution is -2.42. The Bertz CT molecular complexity index is 404. The predicted octanol–water partition coefficient (Wildman–Crippen LogP) is 1.90. The van der Waals surface area contributed by atoms with Crippen molar-refractivity contribution in [1.82, 2.24) is 4.90 Å². The fourth-order valence-electron chi connectivity index (χ4n) is 2.36. The van der Waals surface area contributed by atoms with E-state index in [-0.39, 0.29) is 25.5 Å². The van der Waals surface area contributed by atoms with Crippen molar-refractivity contribution >= 4 is 18.0 Å². The van der Waals surface area contributed by atoms with Crippen LogP contribution >= 0.6 is 0 Å². The van der Waals surface area contributed by atoms with E-state index in [2.05, 4.69) is 6.58 Å². The highest BCUT2D eigenvalue weighted by Gasteiger charge is 2.39. The number of imide groups is 1. The maximum absolute atomic E-state index is 12.4. The van der Waals surface area contributed by atoms with Crippen LogP contribution in [0.3, 0.4) is 0 Å². The first-order valence-corrected chi connectivity index (χ1v) is 6.70. The molecule has 0 aliphatic carbocycles. The van der Waals surface area contributed by atoms with Gasteiger partial charge in [0.15, 0.2) is 0 Å². The molecule has 1 aliphatic heterocycles. The fraction of sp³-hybridized carbons (Fsp3) is 0.643. The number of carboxylic acids is 1. The van der Waals surface area contributed by atoms with E-state index in [9.17, 15) is 19.5 Å². The van der Waals surface area contributed by atoms with Crippen molar-refractivity contribution in [1.29, 1.82) is 0 Å². The van der Waals surface area contributed by atoms with Gasteiger partial charge in [-0.25, -0.2) is 9.69 Å². The molecule has 2 atom stereocenters. The van der Waals surface area contributed by atoms with Crippen molar-refractivity contribution < 1.29 is 24.2 Å². The van der Waals surface area contributed by atoms with Crippen molar-refractivity contribution in [2.45, 2.75) is 26.7 Å². The molecule has 0 saturated carbocycles. The van der Waals surface area contributed by atoms with Crippen LogP contribution < -0.4 is 0 Å². The second kappa shape index (κ2) is 7.07. The average Bonchev–Trinajstić information content (AvgIpc) is 2.78. The smallest absolute Gasteiger partial charge is 0.416 e. The summed E-state index contributed by atoms with van der Waals surface area (Å²) in [5, 5.41) is 9.36. The second-order valence-electron chi connectivity index (χ2n) is 5.31. The lowest BCUT2D eigenvalue weighted by Gasteiger charge is -2.25. The van der Waals surface area contributed by atoms with Gasteiger partial charge in [-0.15, -0.1) is 6.58 Å². The minimum Gasteiger partial charge on any atom is -0.481 e. The quantitative estimate of drug-likeness (QED) is 0.721. The third-order valence-electron chi connectivity index (χ3n) is 3.29. The molecule has 0 bridgehead atoms. The molecule has 6 nitrogen and oxygen atoms in total. The van der Waals surface area contributed by atoms with Gasteiger partial charge in [0, 0.05) is 0 Å². The number of carbonyl (C=O) groups is 3. The molecule has 0 aromatic heterocycles. The standard InChI is InChI=1S/C14H21NO5/c1-4-5-10(11(13(17)18)8-9(2)3)12(16)15-6-7-20-14(15)19/h4,9-11H,1,5-8H2,2-3H3,(H,17,18)/t10-,11+/m0/s1. The molecule has 2 amide bonds. The Morgan fingerprint density at radius 3 is 2.50 bits per heavy atom. The number of allylic oxidation sites excluding steroid dienone is 1. The Morgan fingerprint density at radius 1 is 1.45 bits per heavy atom. The first kappa shape index (κ1) is 16.2. The summed E-state index contributed by atoms with van der Waals surface area (Å²) < 4.78 is 4.73. The molecule has 1 saturated heterocycles. The van der Waals surface area contributed by atoms with Crippen LogP contribution in [-0.4, -0.2) is 41.1 Å². The summed E-state index contributed by atoms with van der Waals surface area (Å²) in [4.78, 5) is 36.3. The number of aliphatic carboxylic acids is 1. The molecular formula is C14H21NO5. The number of nitrogens with zero attached hydrogens (tertiary/aromatic N) is 1. The summed E-state index contributed by atoms with van der Waals surface area (Å²) in [6, 6.07) is 0. The SMILES string of the molecule is C=CC[C@H](C(=O)N1CCOC1=O)[C@@H](CC(C)C)C(=O)O. The molecule has 1 N–H and O–H groups in total. The monoisotopic (exact) mass is 283 g/mol. The van der Waals surface area contributed by atoms with Gasteiger partial charge in [0.2, 0.25) is 5.91 Å². The second-order valence-corrected chi connectivity index (χ2v) is 5.31. The van der Waals surface area contributed by atoms with Crippen LogP contribution in [0.25, 0.3) is 0 Å². The Kier molecular flexibility index (Phi) is 5.73. The van der Waals surface area contributed by atoms with E-state index in [1.807, 2.05) is 13.8 Å². The van der Waals surface area contributed by atoms with Gasteiger partial charge in [0.05, 0.1) is 18.4 Å². The molecule has 112 valence electrons. The summed E-state index contributed by atoms with van der Waals surface area (Å²) in [5.74, 6) is -2.97. The number of hydrogen-bond donors (Lipinski definition) is 1. The van der Waals surface area contributed by atoms with Crippen molar-refractivity contribution in [3.63, 3.8) is 0 Å². The first-order chi connectivity index (χ1) is 9.38. The third kappa shape index (κ3) is 3.82. The molecule has 0 spiro atoms. The topological polar surface area (TPSA) is 83.9 Å². The van der Waals surface area contributed by atoms with E-state index < -0.39 is 29.8 Å². The summed E-state index contributed by atoms with van der Waals surface area (Å²) >= 11 is 0. The van der Waals surface area contributed by atoms with E-state index in [1.54, 1.807) is 0 Å². The zero-order valence-electron chi connectivity index (χ0n) is 11.9. The number of amides is 2. The Morgan fingerprint density at radius 2 is 2.10 bits per heavy atom. The van der Waals surface area contributed by atoms with E-state index in [0.717, 1.165) is 4.90 Å². The number of carboxylic acid groups (broad SMARTS) is 1. The van der Waals surface area contributed by atoms with Gasteiger partial charge in [0.25, 0.3) is 0 Å². The molecule has 20 heavy (non-hydrogen) atoms. The Labute approximate surface area is 118 Å². The van der Waals surface area contributed by atoms with Crippen LogP contribution in [0.1, 0.15) is 26.7 Å². The van der Waals surface area contributed by atoms with Gasteiger partial charge in [-0.05, 0) is 18.8 Å². The summed E-state index contributed by atoms with van der Waals surface area (Å²) in [6.07, 6.45) is 1.42. The number of rotatable bonds is 7. The van der Waals surface area contributed by atoms with Crippen molar-refractivity contribution in [2.75, 3.05) is 13.2 Å². The maximum atomic E-state index is 12.4. The van der Waals surface area contributed by atoms with E-state index in [0.29, 0.717) is 6.42 Å². The van der Waals surface area contributed by atoms with Gasteiger partial charge in [-0.2, -0.15) is 0 Å². The number of cyclic esters (lactones) is 1. The van der Waals surface area contributed by atoms with Crippen LogP contribution in [0.5, 0.6) is 0 Å². The molecule has 0 unspecified atom stereocenters. The molecule has 1 aliphatic rings. The van der Waals surface area contributed by atoms with Crippen LogP contribution in [0.15, 0.2) is 12.7 Å². The lowest BCUT2D eigenvalue weighted by atomic mass is 9.82. The normalized spacial score (nSPS) is 17.8. The average molecular weight is 283 g/mol. The maximum Gasteiger partial charge on any atom is 0.416 e. The molecule has 1 fully saturated rings. The summed E-state index contributed by atoms with van der Waals surface area (Å²) in [5.41, 5.74) is 0. The van der Waals surface area contributed by atoms with Crippen LogP contribution in [0, 0.1) is 17.8 Å². The minimum atomic E-state index is -1.02. The highest BCUT2D eigenvalue weighted by atomic mass is 16.6. The van der Waals surface area contributed by atoms with E-state index in [4.69, 9.17) is 4.74 Å². The number of ether oxygens (including phenoxy) is 1. The molecule has 0 radical (unpaired) electrons. The largest absolute Gasteiger partial charge is 0.481 e. The summed E-state index contributed by atoms with van der Waals surface area (Å²) in [7, 11) is 0. The number of hydrogen-bond acceptors (Lipinski definition) is 4. The molecule has 6 heteroatoms. The highest BCUT2D eigenvalue weighted by Crippen LogP contribution is 2.27.